The maximum atomic E-state index is 13.5. The van der Waals surface area contributed by atoms with Crippen LogP contribution in [0.15, 0.2) is 64.8 Å². The van der Waals surface area contributed by atoms with E-state index in [9.17, 15) is 36.4 Å². The Morgan fingerprint density at radius 3 is 2.45 bits per heavy atom. The molecule has 1 aliphatic heterocycles. The van der Waals surface area contributed by atoms with E-state index in [1.54, 1.807) is 24.3 Å². The van der Waals surface area contributed by atoms with Crippen LogP contribution in [0.5, 0.6) is 0 Å². The maximum absolute atomic E-state index is 13.5. The molecular weight excluding hydrogens is 585 g/mol. The number of hydrogen-bond donors (Lipinski definition) is 1. The monoisotopic (exact) mass is 610 g/mol. The number of aryl methyl sites for hydroxylation is 1. The van der Waals surface area contributed by atoms with Gasteiger partial charge < -0.3 is 14.8 Å². The summed E-state index contributed by atoms with van der Waals surface area (Å²) in [5.41, 5.74) is 0.570. The maximum Gasteiger partial charge on any atom is 0.435 e. The summed E-state index contributed by atoms with van der Waals surface area (Å²) in [4.78, 5) is 27.7. The van der Waals surface area contributed by atoms with Gasteiger partial charge in [0.1, 0.15) is 0 Å². The predicted molar refractivity (Wildman–Crippen MR) is 138 cm³/mol. The van der Waals surface area contributed by atoms with E-state index in [0.717, 1.165) is 40.4 Å². The predicted octanol–water partition coefficient (Wildman–Crippen LogP) is 3.32. The molecule has 224 valence electrons. The lowest BCUT2D eigenvalue weighted by Gasteiger charge is -2.13. The number of hydrogen-bond acceptors (Lipinski definition) is 9. The summed E-state index contributed by atoms with van der Waals surface area (Å²) in [6, 6.07) is 12.5. The molecule has 1 saturated heterocycles. The second-order valence-corrected chi connectivity index (χ2v) is 11.0. The van der Waals surface area contributed by atoms with Gasteiger partial charge in [-0.1, -0.05) is 29.8 Å². The number of rotatable bonds is 9. The van der Waals surface area contributed by atoms with E-state index in [0.29, 0.717) is 5.56 Å². The summed E-state index contributed by atoms with van der Waals surface area (Å²) < 4.78 is 73.6. The minimum Gasteiger partial charge on any atom is -0.569 e. The zero-order valence-electron chi connectivity index (χ0n) is 22.2. The number of amides is 1. The molecular formula is C25H25F3N6O7S. The lowest BCUT2D eigenvalue weighted by molar-refractivity contribution is -0.708. The van der Waals surface area contributed by atoms with Gasteiger partial charge in [-0.2, -0.15) is 18.3 Å². The van der Waals surface area contributed by atoms with Gasteiger partial charge in [0.25, 0.3) is 16.8 Å². The van der Waals surface area contributed by atoms with Crippen LogP contribution in [-0.2, 0) is 35.4 Å². The van der Waals surface area contributed by atoms with E-state index in [-0.39, 0.29) is 40.8 Å². The molecule has 1 aliphatic rings. The average molecular weight is 611 g/mol. The number of carbonyl (C=O) groups excluding carboxylic acids is 2. The zero-order chi connectivity index (χ0) is 30.7. The van der Waals surface area contributed by atoms with Crippen molar-refractivity contribution in [3.8, 4) is 16.9 Å². The highest BCUT2D eigenvalue weighted by atomic mass is 32.2. The first-order valence-corrected chi connectivity index (χ1v) is 13.8. The SMILES string of the molecule is CC(=O)OCON=[N+]([O-])N1CCC(C(=O)NS(=O)(=O)c2ccc(-n3nc(C(F)(F)F)cc3-c3ccc(C)cc3)cc2)C1. The van der Waals surface area contributed by atoms with Crippen LogP contribution >= 0.6 is 0 Å². The minimum absolute atomic E-state index is 0.0638. The van der Waals surface area contributed by atoms with Crippen LogP contribution in [0, 0.1) is 18.0 Å². The Hall–Kier alpha value is -4.67. The van der Waals surface area contributed by atoms with Crippen molar-refractivity contribution in [1.82, 2.24) is 19.5 Å². The van der Waals surface area contributed by atoms with Crippen LogP contribution in [0.3, 0.4) is 0 Å². The standard InChI is InChI=1S/C25H25F3N6O7S/c1-16-3-5-18(6-4-16)22-13-23(25(26,27)28)29-33(22)20-7-9-21(10-8-20)42(38,39)30-24(36)19-11-12-32(14-19)34(37)31-41-15-40-17(2)35/h3-10,13,19H,11-12,14-15H2,1-2H3,(H,30,36). The molecule has 0 bridgehead atoms. The number of alkyl halides is 3. The van der Waals surface area contributed by atoms with E-state index >= 15 is 0 Å². The Bertz CT molecular complexity index is 1590. The van der Waals surface area contributed by atoms with Crippen molar-refractivity contribution in [2.24, 2.45) is 11.2 Å². The van der Waals surface area contributed by atoms with Crippen LogP contribution in [0.25, 0.3) is 16.9 Å². The molecule has 3 aromatic rings. The number of carbonyl (C=O) groups is 2. The number of nitrogens with zero attached hydrogens (tertiary/aromatic N) is 5. The normalized spacial score (nSPS) is 15.9. The van der Waals surface area contributed by atoms with Gasteiger partial charge in [-0.15, -0.1) is 5.01 Å². The second-order valence-electron chi connectivity index (χ2n) is 9.27. The Morgan fingerprint density at radius 2 is 1.83 bits per heavy atom. The van der Waals surface area contributed by atoms with Gasteiger partial charge in [0.2, 0.25) is 11.2 Å². The summed E-state index contributed by atoms with van der Waals surface area (Å²) in [7, 11) is -4.36. The number of ether oxygens (including phenoxy) is 1. The zero-order valence-corrected chi connectivity index (χ0v) is 23.1. The van der Waals surface area contributed by atoms with Gasteiger partial charge in [-0.25, -0.2) is 17.8 Å². The van der Waals surface area contributed by atoms with Crippen LogP contribution in [0.1, 0.15) is 24.6 Å². The van der Waals surface area contributed by atoms with Crippen LogP contribution in [0.4, 0.5) is 13.2 Å². The van der Waals surface area contributed by atoms with E-state index in [1.165, 1.54) is 12.1 Å². The quantitative estimate of drug-likeness (QED) is 0.0958. The number of esters is 1. The highest BCUT2D eigenvalue weighted by Gasteiger charge is 2.36. The third-order valence-electron chi connectivity index (χ3n) is 6.20. The second kappa shape index (κ2) is 12.1. The topological polar surface area (TPSA) is 158 Å². The summed E-state index contributed by atoms with van der Waals surface area (Å²) >= 11 is 0. The van der Waals surface area contributed by atoms with Gasteiger partial charge >= 0.3 is 12.1 Å². The first kappa shape index (κ1) is 30.3. The molecule has 0 radical (unpaired) electrons. The smallest absolute Gasteiger partial charge is 0.435 e. The molecule has 0 aliphatic carbocycles. The summed E-state index contributed by atoms with van der Waals surface area (Å²) in [5, 5.41) is 20.0. The van der Waals surface area contributed by atoms with Crippen molar-refractivity contribution in [2.45, 2.75) is 31.3 Å². The van der Waals surface area contributed by atoms with Crippen molar-refractivity contribution in [3.63, 3.8) is 0 Å². The van der Waals surface area contributed by atoms with Crippen molar-refractivity contribution < 1.29 is 45.7 Å². The Kier molecular flexibility index (Phi) is 8.70. The van der Waals surface area contributed by atoms with Crippen LogP contribution in [-0.4, -0.2) is 59.9 Å². The Morgan fingerprint density at radius 1 is 1.17 bits per heavy atom. The molecule has 0 spiro atoms. The largest absolute Gasteiger partial charge is 0.569 e. The van der Waals surface area contributed by atoms with Crippen molar-refractivity contribution in [3.05, 3.63) is 71.1 Å². The molecule has 1 N–H and O–H groups in total. The highest BCUT2D eigenvalue weighted by Crippen LogP contribution is 2.33. The number of benzene rings is 2. The fourth-order valence-corrected chi connectivity index (χ4v) is 5.08. The minimum atomic E-state index is -4.71. The molecule has 1 unspecified atom stereocenters. The molecule has 13 nitrogen and oxygen atoms in total. The third-order valence-corrected chi connectivity index (χ3v) is 7.56. The fraction of sp³-hybridized carbons (Fsp3) is 0.320. The van der Waals surface area contributed by atoms with Gasteiger partial charge in [-0.3, -0.25) is 9.59 Å². The number of sulfonamides is 1. The highest BCUT2D eigenvalue weighted by molar-refractivity contribution is 7.90. The van der Waals surface area contributed by atoms with Crippen molar-refractivity contribution in [1.29, 1.82) is 0 Å². The van der Waals surface area contributed by atoms with E-state index in [2.05, 4.69) is 20.0 Å². The molecule has 2 aromatic carbocycles. The van der Waals surface area contributed by atoms with Gasteiger partial charge in [0, 0.05) is 12.5 Å². The van der Waals surface area contributed by atoms with Crippen molar-refractivity contribution in [2.75, 3.05) is 19.9 Å². The number of hydrazine groups is 1. The first-order chi connectivity index (χ1) is 19.7. The third kappa shape index (κ3) is 7.15. The summed E-state index contributed by atoms with van der Waals surface area (Å²) in [5.74, 6) is -2.37. The molecule has 1 fully saturated rings. The number of nitrogens with one attached hydrogen (secondary N) is 1. The van der Waals surface area contributed by atoms with E-state index in [1.807, 2.05) is 11.6 Å². The summed E-state index contributed by atoms with van der Waals surface area (Å²) in [6.45, 7) is 2.30. The van der Waals surface area contributed by atoms with Gasteiger partial charge in [-0.05, 0) is 43.7 Å². The first-order valence-electron chi connectivity index (χ1n) is 12.3. The molecule has 42 heavy (non-hydrogen) atoms. The van der Waals surface area contributed by atoms with Crippen molar-refractivity contribution >= 4 is 21.9 Å². The van der Waals surface area contributed by atoms with Gasteiger partial charge in [0.15, 0.2) is 5.69 Å². The van der Waals surface area contributed by atoms with Gasteiger partial charge in [0.05, 0.1) is 40.3 Å². The summed E-state index contributed by atoms with van der Waals surface area (Å²) in [6.07, 6.45) is -4.57. The molecule has 17 heteroatoms. The lowest BCUT2D eigenvalue weighted by Crippen LogP contribution is -2.37. The lowest BCUT2D eigenvalue weighted by atomic mass is 10.1. The van der Waals surface area contributed by atoms with E-state index in [4.69, 9.17) is 0 Å². The Labute approximate surface area is 237 Å². The number of aromatic nitrogens is 2. The number of halogens is 3. The fourth-order valence-electron chi connectivity index (χ4n) is 4.03. The molecule has 4 rings (SSSR count). The molecule has 1 atom stereocenters. The molecule has 0 saturated carbocycles. The van der Waals surface area contributed by atoms with Crippen LogP contribution < -0.4 is 4.72 Å². The van der Waals surface area contributed by atoms with Crippen LogP contribution in [0.2, 0.25) is 0 Å². The molecule has 1 aromatic heterocycles. The molecule has 2 heterocycles. The Balaban J connectivity index is 1.46. The van der Waals surface area contributed by atoms with E-state index < -0.39 is 46.5 Å². The molecule has 1 amide bonds. The average Bonchev–Trinajstić information content (AvgIpc) is 3.60.